The average molecular weight is 368 g/mol. The van der Waals surface area contributed by atoms with Crippen LogP contribution in [0.5, 0.6) is 0 Å². The largest absolute Gasteiger partial charge is 0.466 e. The Labute approximate surface area is 154 Å². The molecule has 1 aliphatic heterocycles. The van der Waals surface area contributed by atoms with E-state index >= 15 is 0 Å². The van der Waals surface area contributed by atoms with Crippen molar-refractivity contribution in [3.05, 3.63) is 34.3 Å². The summed E-state index contributed by atoms with van der Waals surface area (Å²) in [5.41, 5.74) is 1.32. The summed E-state index contributed by atoms with van der Waals surface area (Å²) < 4.78 is 10.7. The van der Waals surface area contributed by atoms with Crippen LogP contribution in [0.2, 0.25) is 5.02 Å². The molecule has 0 saturated carbocycles. The molecule has 0 radical (unpaired) electrons. The molecule has 0 bridgehead atoms. The van der Waals surface area contributed by atoms with Gasteiger partial charge >= 0.3 is 12.1 Å². The van der Waals surface area contributed by atoms with Gasteiger partial charge in [-0.15, -0.1) is 0 Å². The van der Waals surface area contributed by atoms with E-state index in [1.54, 1.807) is 11.8 Å². The van der Waals surface area contributed by atoms with Gasteiger partial charge in [-0.05, 0) is 51.8 Å². The van der Waals surface area contributed by atoms with Gasteiger partial charge in [0.25, 0.3) is 0 Å². The molecule has 0 aromatic heterocycles. The minimum atomic E-state index is -0.587. The first-order chi connectivity index (χ1) is 11.6. The Morgan fingerprint density at radius 3 is 2.52 bits per heavy atom. The maximum absolute atomic E-state index is 12.4. The summed E-state index contributed by atoms with van der Waals surface area (Å²) in [6.07, 6.45) is -0.424. The highest BCUT2D eigenvalue weighted by atomic mass is 35.5. The summed E-state index contributed by atoms with van der Waals surface area (Å²) in [6.45, 7) is 10.1. The smallest absolute Gasteiger partial charge is 0.410 e. The van der Waals surface area contributed by atoms with Crippen molar-refractivity contribution in [2.75, 3.05) is 19.7 Å². The zero-order valence-electron chi connectivity index (χ0n) is 15.5. The monoisotopic (exact) mass is 367 g/mol. The summed E-state index contributed by atoms with van der Waals surface area (Å²) in [5, 5.41) is 0.602. The number of aryl methyl sites for hydroxylation is 1. The standard InChI is InChI=1S/C19H26ClNO4/c1-6-24-17(22)15-11-21(18(23)25-19(3,4)5)10-14(15)13-8-7-12(2)9-16(13)20/h7-9,14-15H,6,10-11H2,1-5H3/t14-,15-/m1/s1. The van der Waals surface area contributed by atoms with Gasteiger partial charge in [0.15, 0.2) is 0 Å². The number of carbonyl (C=O) groups is 2. The van der Waals surface area contributed by atoms with E-state index in [0.29, 0.717) is 18.2 Å². The van der Waals surface area contributed by atoms with Crippen molar-refractivity contribution in [2.45, 2.75) is 46.1 Å². The van der Waals surface area contributed by atoms with Crippen LogP contribution in [-0.4, -0.2) is 42.3 Å². The SMILES string of the molecule is CCOC(=O)[C@@H]1CN(C(=O)OC(C)(C)C)C[C@@H]1c1ccc(C)cc1Cl. The van der Waals surface area contributed by atoms with Gasteiger partial charge in [-0.2, -0.15) is 0 Å². The Balaban J connectivity index is 2.28. The lowest BCUT2D eigenvalue weighted by Gasteiger charge is -2.24. The maximum atomic E-state index is 12.4. The number of amides is 1. The van der Waals surface area contributed by atoms with E-state index in [0.717, 1.165) is 11.1 Å². The van der Waals surface area contributed by atoms with Crippen LogP contribution in [0, 0.1) is 12.8 Å². The van der Waals surface area contributed by atoms with Crippen molar-refractivity contribution in [1.29, 1.82) is 0 Å². The number of hydrogen-bond donors (Lipinski definition) is 0. The van der Waals surface area contributed by atoms with Crippen molar-refractivity contribution >= 4 is 23.7 Å². The van der Waals surface area contributed by atoms with Crippen molar-refractivity contribution in [2.24, 2.45) is 5.92 Å². The van der Waals surface area contributed by atoms with Gasteiger partial charge in [0.05, 0.1) is 12.5 Å². The normalized spacial score (nSPS) is 20.5. The molecule has 0 aliphatic carbocycles. The highest BCUT2D eigenvalue weighted by molar-refractivity contribution is 6.31. The summed E-state index contributed by atoms with van der Waals surface area (Å²) in [4.78, 5) is 26.4. The second kappa shape index (κ2) is 7.65. The maximum Gasteiger partial charge on any atom is 0.410 e. The Morgan fingerprint density at radius 2 is 1.96 bits per heavy atom. The molecule has 2 atom stereocenters. The average Bonchev–Trinajstić information content (AvgIpc) is 2.91. The topological polar surface area (TPSA) is 55.8 Å². The third kappa shape index (κ3) is 4.88. The number of rotatable bonds is 3. The lowest BCUT2D eigenvalue weighted by molar-refractivity contribution is -0.147. The first kappa shape index (κ1) is 19.6. The third-order valence-electron chi connectivity index (χ3n) is 4.12. The number of likely N-dealkylation sites (tertiary alicyclic amines) is 1. The van der Waals surface area contributed by atoms with E-state index in [-0.39, 0.29) is 18.4 Å². The number of halogens is 1. The predicted octanol–water partition coefficient (Wildman–Crippen LogP) is 4.16. The highest BCUT2D eigenvalue weighted by Crippen LogP contribution is 2.38. The molecule has 0 N–H and O–H groups in total. The molecule has 6 heteroatoms. The molecular weight excluding hydrogens is 342 g/mol. The number of carbonyl (C=O) groups excluding carboxylic acids is 2. The minimum absolute atomic E-state index is 0.209. The first-order valence-corrected chi connectivity index (χ1v) is 8.90. The molecule has 1 heterocycles. The van der Waals surface area contributed by atoms with Crippen molar-refractivity contribution in [1.82, 2.24) is 4.90 Å². The Hall–Kier alpha value is -1.75. The summed E-state index contributed by atoms with van der Waals surface area (Å²) in [5.74, 6) is -0.970. The van der Waals surface area contributed by atoms with Crippen LogP contribution in [0.3, 0.4) is 0 Å². The lowest BCUT2D eigenvalue weighted by atomic mass is 9.88. The molecule has 2 rings (SSSR count). The predicted molar refractivity (Wildman–Crippen MR) is 96.9 cm³/mol. The number of ether oxygens (including phenoxy) is 2. The van der Waals surface area contributed by atoms with Gasteiger partial charge in [-0.25, -0.2) is 4.79 Å². The third-order valence-corrected chi connectivity index (χ3v) is 4.44. The van der Waals surface area contributed by atoms with Crippen LogP contribution in [0.1, 0.15) is 44.7 Å². The Bertz CT molecular complexity index is 653. The van der Waals surface area contributed by atoms with Crippen molar-refractivity contribution in [3.8, 4) is 0 Å². The fraction of sp³-hybridized carbons (Fsp3) is 0.579. The molecule has 5 nitrogen and oxygen atoms in total. The van der Waals surface area contributed by atoms with Gasteiger partial charge in [0, 0.05) is 24.0 Å². The molecule has 1 saturated heterocycles. The first-order valence-electron chi connectivity index (χ1n) is 8.53. The molecule has 25 heavy (non-hydrogen) atoms. The van der Waals surface area contributed by atoms with Gasteiger partial charge < -0.3 is 14.4 Å². The molecule has 1 aromatic carbocycles. The van der Waals surface area contributed by atoms with Gasteiger partial charge in [-0.1, -0.05) is 23.7 Å². The van der Waals surface area contributed by atoms with Gasteiger partial charge in [-0.3, -0.25) is 4.79 Å². The molecule has 0 spiro atoms. The molecular formula is C19H26ClNO4. The summed E-state index contributed by atoms with van der Waals surface area (Å²) in [6, 6.07) is 5.75. The molecule has 1 fully saturated rings. The van der Waals surface area contributed by atoms with E-state index in [4.69, 9.17) is 21.1 Å². The molecule has 1 aliphatic rings. The Morgan fingerprint density at radius 1 is 1.28 bits per heavy atom. The van der Waals surface area contributed by atoms with Crippen LogP contribution in [0.15, 0.2) is 18.2 Å². The quantitative estimate of drug-likeness (QED) is 0.752. The zero-order chi connectivity index (χ0) is 18.8. The zero-order valence-corrected chi connectivity index (χ0v) is 16.2. The van der Waals surface area contributed by atoms with Gasteiger partial charge in [0.2, 0.25) is 0 Å². The molecule has 1 amide bonds. The lowest BCUT2D eigenvalue weighted by Crippen LogP contribution is -2.36. The van der Waals surface area contributed by atoms with E-state index in [1.807, 2.05) is 45.9 Å². The fourth-order valence-electron chi connectivity index (χ4n) is 3.02. The molecule has 0 unspecified atom stereocenters. The number of esters is 1. The van der Waals surface area contributed by atoms with Crippen LogP contribution in [-0.2, 0) is 14.3 Å². The molecule has 138 valence electrons. The summed E-state index contributed by atoms with van der Waals surface area (Å²) >= 11 is 6.40. The van der Waals surface area contributed by atoms with Crippen LogP contribution in [0.25, 0.3) is 0 Å². The second-order valence-electron chi connectivity index (χ2n) is 7.38. The van der Waals surface area contributed by atoms with Crippen molar-refractivity contribution < 1.29 is 19.1 Å². The van der Waals surface area contributed by atoms with Crippen LogP contribution >= 0.6 is 11.6 Å². The van der Waals surface area contributed by atoms with E-state index in [9.17, 15) is 9.59 Å². The highest BCUT2D eigenvalue weighted by Gasteiger charge is 2.43. The van der Waals surface area contributed by atoms with Crippen molar-refractivity contribution in [3.63, 3.8) is 0 Å². The fourth-order valence-corrected chi connectivity index (χ4v) is 3.39. The summed E-state index contributed by atoms with van der Waals surface area (Å²) in [7, 11) is 0. The van der Waals surface area contributed by atoms with Gasteiger partial charge in [0.1, 0.15) is 5.60 Å². The second-order valence-corrected chi connectivity index (χ2v) is 7.78. The Kier molecular flexibility index (Phi) is 5.99. The minimum Gasteiger partial charge on any atom is -0.466 e. The van der Waals surface area contributed by atoms with E-state index in [2.05, 4.69) is 0 Å². The van der Waals surface area contributed by atoms with E-state index < -0.39 is 17.6 Å². The number of benzene rings is 1. The van der Waals surface area contributed by atoms with Crippen LogP contribution < -0.4 is 0 Å². The number of nitrogens with zero attached hydrogens (tertiary/aromatic N) is 1. The van der Waals surface area contributed by atoms with E-state index in [1.165, 1.54) is 0 Å². The number of hydrogen-bond acceptors (Lipinski definition) is 4. The molecule has 1 aromatic rings. The van der Waals surface area contributed by atoms with Crippen LogP contribution in [0.4, 0.5) is 4.79 Å².